The first-order chi connectivity index (χ1) is 13.9. The molecule has 0 spiro atoms. The van der Waals surface area contributed by atoms with Crippen molar-refractivity contribution in [3.05, 3.63) is 36.2 Å². The maximum Gasteiger partial charge on any atom is 0.407 e. The summed E-state index contributed by atoms with van der Waals surface area (Å²) in [6.07, 6.45) is 6.24. The van der Waals surface area contributed by atoms with Crippen LogP contribution in [0.15, 0.2) is 24.8 Å². The van der Waals surface area contributed by atoms with Crippen LogP contribution in [0, 0.1) is 6.57 Å². The zero-order valence-electron chi connectivity index (χ0n) is 17.7. The molecule has 0 aromatic rings. The zero-order chi connectivity index (χ0) is 22.3. The van der Waals surface area contributed by atoms with Gasteiger partial charge in [0, 0.05) is 18.1 Å². The van der Waals surface area contributed by atoms with Crippen molar-refractivity contribution in [3.63, 3.8) is 0 Å². The molecule has 1 amide bonds. The molecule has 8 heteroatoms. The molecule has 0 bridgehead atoms. The highest BCUT2D eigenvalue weighted by Crippen LogP contribution is 2.00. The second-order valence-electron chi connectivity index (χ2n) is 6.00. The first-order valence-corrected chi connectivity index (χ1v) is 9.74. The summed E-state index contributed by atoms with van der Waals surface area (Å²) >= 11 is 0. The quantitative estimate of drug-likeness (QED) is 0.154. The fourth-order valence-corrected chi connectivity index (χ4v) is 1.66. The van der Waals surface area contributed by atoms with Crippen molar-refractivity contribution in [1.82, 2.24) is 5.32 Å². The highest BCUT2D eigenvalue weighted by molar-refractivity contribution is 5.86. The number of alkyl carbamates (subject to hydrolysis) is 1. The molecule has 0 fully saturated rings. The third-order valence-electron chi connectivity index (χ3n) is 3.26. The molecule has 0 atom stereocenters. The van der Waals surface area contributed by atoms with Crippen LogP contribution >= 0.6 is 0 Å². The van der Waals surface area contributed by atoms with E-state index in [1.165, 1.54) is 6.08 Å². The number of ether oxygens (including phenoxy) is 3. The van der Waals surface area contributed by atoms with E-state index in [9.17, 15) is 14.4 Å². The average Bonchev–Trinajstić information content (AvgIpc) is 2.70. The number of carbonyl (C=O) groups excluding carboxylic acids is 3. The smallest absolute Gasteiger partial charge is 0.407 e. The third-order valence-corrected chi connectivity index (χ3v) is 3.26. The summed E-state index contributed by atoms with van der Waals surface area (Å²) in [6.45, 7) is 18.7. The Balaban J connectivity index is 0. The van der Waals surface area contributed by atoms with Crippen LogP contribution in [0.25, 0.3) is 4.85 Å². The molecule has 0 unspecified atom stereocenters. The van der Waals surface area contributed by atoms with Crippen LogP contribution in [0.3, 0.4) is 0 Å². The highest BCUT2D eigenvalue weighted by Gasteiger charge is 2.04. The Morgan fingerprint density at radius 1 is 1.00 bits per heavy atom. The number of hydrogen-bond acceptors (Lipinski definition) is 6. The number of rotatable bonds is 14. The molecule has 0 aliphatic carbocycles. The van der Waals surface area contributed by atoms with Crippen LogP contribution in [-0.4, -0.2) is 50.9 Å². The molecule has 0 aromatic carbocycles. The molecule has 0 rings (SSSR count). The Morgan fingerprint density at radius 3 is 2.24 bits per heavy atom. The van der Waals surface area contributed by atoms with Gasteiger partial charge < -0.3 is 24.4 Å². The van der Waals surface area contributed by atoms with E-state index < -0.39 is 12.1 Å². The minimum atomic E-state index is -0.516. The molecule has 0 aliphatic rings. The molecule has 0 aromatic heterocycles. The van der Waals surface area contributed by atoms with E-state index >= 15 is 0 Å². The summed E-state index contributed by atoms with van der Waals surface area (Å²) in [5.41, 5.74) is 0.325. The summed E-state index contributed by atoms with van der Waals surface area (Å²) in [7, 11) is 0. The lowest BCUT2D eigenvalue weighted by Crippen LogP contribution is -2.29. The number of hydrogen-bond donors (Lipinski definition) is 1. The van der Waals surface area contributed by atoms with E-state index in [-0.39, 0.29) is 19.1 Å². The monoisotopic (exact) mass is 410 g/mol. The van der Waals surface area contributed by atoms with Gasteiger partial charge in [-0.15, -0.1) is 0 Å². The molecule has 0 saturated heterocycles. The van der Waals surface area contributed by atoms with Gasteiger partial charge >= 0.3 is 18.0 Å². The van der Waals surface area contributed by atoms with Crippen molar-refractivity contribution in [1.29, 1.82) is 0 Å². The van der Waals surface area contributed by atoms with Gasteiger partial charge in [0.25, 0.3) is 0 Å². The van der Waals surface area contributed by atoms with Crippen molar-refractivity contribution in [2.45, 2.75) is 52.4 Å². The molecule has 0 aliphatic heterocycles. The fourth-order valence-electron chi connectivity index (χ4n) is 1.66. The van der Waals surface area contributed by atoms with Crippen LogP contribution in [0.2, 0.25) is 0 Å². The molecule has 1 N–H and O–H groups in total. The predicted octanol–water partition coefficient (Wildman–Crippen LogP) is 3.83. The Bertz CT molecular complexity index is 540. The Labute approximate surface area is 174 Å². The van der Waals surface area contributed by atoms with Crippen molar-refractivity contribution in [3.8, 4) is 0 Å². The van der Waals surface area contributed by atoms with E-state index in [2.05, 4.69) is 28.1 Å². The minimum Gasteiger partial charge on any atom is -0.463 e. The van der Waals surface area contributed by atoms with Gasteiger partial charge in [0.2, 0.25) is 6.54 Å². The lowest BCUT2D eigenvalue weighted by atomic mass is 10.2. The highest BCUT2D eigenvalue weighted by atomic mass is 16.6. The van der Waals surface area contributed by atoms with Gasteiger partial charge in [-0.3, -0.25) is 0 Å². The van der Waals surface area contributed by atoms with Gasteiger partial charge in [-0.25, -0.2) is 21.0 Å². The molecule has 0 radical (unpaired) electrons. The van der Waals surface area contributed by atoms with Gasteiger partial charge in [0.15, 0.2) is 0 Å². The maximum atomic E-state index is 11.2. The molecule has 8 nitrogen and oxygen atoms in total. The fraction of sp³-hybridized carbons (Fsp3) is 0.619. The number of nitrogens with zero attached hydrogens (tertiary/aromatic N) is 1. The first kappa shape index (κ1) is 28.4. The third kappa shape index (κ3) is 23.1. The van der Waals surface area contributed by atoms with Gasteiger partial charge in [0.05, 0.1) is 19.8 Å². The van der Waals surface area contributed by atoms with Crippen LogP contribution in [0.5, 0.6) is 0 Å². The number of esters is 2. The standard InChI is InChI=1S/C14H22N2O4.C7H12O2/c1-12(2)13(17)19-11-9-16-14(18)20-10-7-5-4-6-8-15-3;1-3-5-6-9-7(8)4-2/h1,4-11H2,2H3,(H,16,18);4H,2-3,5-6H2,1H3. The van der Waals surface area contributed by atoms with Crippen molar-refractivity contribution < 1.29 is 28.6 Å². The van der Waals surface area contributed by atoms with E-state index in [0.717, 1.165) is 38.5 Å². The van der Waals surface area contributed by atoms with Crippen LogP contribution in [0.4, 0.5) is 4.79 Å². The van der Waals surface area contributed by atoms with Gasteiger partial charge in [0.1, 0.15) is 6.61 Å². The Hall–Kier alpha value is -2.82. The predicted molar refractivity (Wildman–Crippen MR) is 111 cm³/mol. The molecule has 0 heterocycles. The Morgan fingerprint density at radius 2 is 1.66 bits per heavy atom. The van der Waals surface area contributed by atoms with Crippen molar-refractivity contribution in [2.75, 3.05) is 32.9 Å². The minimum absolute atomic E-state index is 0.0947. The normalized spacial score (nSPS) is 9.14. The number of unbranched alkanes of at least 4 members (excludes halogenated alkanes) is 4. The average molecular weight is 411 g/mol. The summed E-state index contributed by atoms with van der Waals surface area (Å²) in [5.74, 6) is -0.803. The summed E-state index contributed by atoms with van der Waals surface area (Å²) in [5, 5.41) is 2.48. The zero-order valence-corrected chi connectivity index (χ0v) is 17.7. The van der Waals surface area contributed by atoms with E-state index in [0.29, 0.717) is 25.3 Å². The lowest BCUT2D eigenvalue weighted by molar-refractivity contribution is -0.139. The van der Waals surface area contributed by atoms with Gasteiger partial charge in [-0.2, -0.15) is 0 Å². The van der Waals surface area contributed by atoms with Crippen LogP contribution < -0.4 is 5.32 Å². The molecule has 29 heavy (non-hydrogen) atoms. The first-order valence-electron chi connectivity index (χ1n) is 9.74. The second kappa shape index (κ2) is 21.5. The van der Waals surface area contributed by atoms with Crippen LogP contribution in [0.1, 0.15) is 52.4 Å². The van der Waals surface area contributed by atoms with Crippen molar-refractivity contribution in [2.24, 2.45) is 0 Å². The van der Waals surface area contributed by atoms with Gasteiger partial charge in [-0.05, 0) is 32.6 Å². The van der Waals surface area contributed by atoms with Gasteiger partial charge in [-0.1, -0.05) is 26.5 Å². The topological polar surface area (TPSA) is 95.3 Å². The molecule has 0 saturated carbocycles. The Kier molecular flexibility index (Phi) is 21.0. The lowest BCUT2D eigenvalue weighted by Gasteiger charge is -2.07. The molecule has 164 valence electrons. The number of amides is 1. The molecular weight excluding hydrogens is 376 g/mol. The maximum absolute atomic E-state index is 11.2. The second-order valence-corrected chi connectivity index (χ2v) is 6.00. The van der Waals surface area contributed by atoms with E-state index in [1.807, 2.05) is 6.92 Å². The summed E-state index contributed by atoms with van der Waals surface area (Å²) < 4.78 is 14.4. The SMILES string of the molecule is C=CC(=O)OCCCC.[C-]#[N+]CCCCCCOC(=O)NCCOC(=O)C(=C)C. The van der Waals surface area contributed by atoms with Crippen molar-refractivity contribution >= 4 is 18.0 Å². The number of nitrogens with one attached hydrogen (secondary N) is 1. The molecular formula is C21H34N2O6. The largest absolute Gasteiger partial charge is 0.463 e. The number of carbonyl (C=O) groups is 3. The van der Waals surface area contributed by atoms with E-state index in [4.69, 9.17) is 16.0 Å². The summed E-state index contributed by atoms with van der Waals surface area (Å²) in [4.78, 5) is 35.9. The summed E-state index contributed by atoms with van der Waals surface area (Å²) in [6, 6.07) is 0. The van der Waals surface area contributed by atoms with Crippen LogP contribution in [-0.2, 0) is 23.8 Å². The van der Waals surface area contributed by atoms with E-state index in [1.54, 1.807) is 6.92 Å².